The molecule has 5 heteroatoms. The highest BCUT2D eigenvalue weighted by molar-refractivity contribution is 6.31. The van der Waals surface area contributed by atoms with E-state index < -0.39 is 5.60 Å². The topological polar surface area (TPSA) is 41.6 Å². The molecule has 130 valence electrons. The van der Waals surface area contributed by atoms with Gasteiger partial charge in [0.2, 0.25) is 0 Å². The molecule has 0 radical (unpaired) electrons. The zero-order chi connectivity index (χ0) is 17.5. The van der Waals surface area contributed by atoms with Gasteiger partial charge < -0.3 is 15.0 Å². The molecule has 0 atom stereocenters. The van der Waals surface area contributed by atoms with Gasteiger partial charge in [0.1, 0.15) is 5.60 Å². The Labute approximate surface area is 145 Å². The van der Waals surface area contributed by atoms with Crippen LogP contribution < -0.4 is 5.32 Å². The number of benzene rings is 1. The van der Waals surface area contributed by atoms with Crippen LogP contribution in [0.2, 0.25) is 5.02 Å². The van der Waals surface area contributed by atoms with E-state index in [0.29, 0.717) is 19.6 Å². The largest absolute Gasteiger partial charge is 0.444 e. The number of carbonyl (C=O) groups excluding carboxylic acids is 1. The van der Waals surface area contributed by atoms with Gasteiger partial charge in [0.05, 0.1) is 0 Å². The second-order valence-corrected chi connectivity index (χ2v) is 7.13. The van der Waals surface area contributed by atoms with E-state index in [1.807, 2.05) is 39.8 Å². The second-order valence-electron chi connectivity index (χ2n) is 6.73. The van der Waals surface area contributed by atoms with Gasteiger partial charge in [0, 0.05) is 31.2 Å². The number of rotatable bonds is 7. The van der Waals surface area contributed by atoms with Crippen LogP contribution >= 0.6 is 11.6 Å². The minimum atomic E-state index is -0.463. The average Bonchev–Trinajstić information content (AvgIpc) is 2.44. The molecule has 0 aliphatic rings. The Hall–Kier alpha value is -1.26. The number of amides is 1. The first-order valence-electron chi connectivity index (χ1n) is 8.16. The minimum Gasteiger partial charge on any atom is -0.444 e. The van der Waals surface area contributed by atoms with Crippen LogP contribution in [0.3, 0.4) is 0 Å². The van der Waals surface area contributed by atoms with E-state index in [1.165, 1.54) is 0 Å². The van der Waals surface area contributed by atoms with Crippen LogP contribution in [0.4, 0.5) is 4.79 Å². The van der Waals surface area contributed by atoms with Crippen molar-refractivity contribution in [3.63, 3.8) is 0 Å². The number of ether oxygens (including phenoxy) is 1. The fourth-order valence-corrected chi connectivity index (χ4v) is 2.29. The van der Waals surface area contributed by atoms with Crippen LogP contribution in [-0.4, -0.2) is 36.2 Å². The van der Waals surface area contributed by atoms with Crippen LogP contribution in [-0.2, 0) is 11.3 Å². The van der Waals surface area contributed by atoms with Crippen molar-refractivity contribution < 1.29 is 9.53 Å². The van der Waals surface area contributed by atoms with Gasteiger partial charge in [-0.25, -0.2) is 4.79 Å². The van der Waals surface area contributed by atoms with Crippen LogP contribution in [0.15, 0.2) is 18.2 Å². The number of aryl methyl sites for hydroxylation is 1. The molecule has 0 saturated carbocycles. The van der Waals surface area contributed by atoms with Crippen LogP contribution in [0.1, 0.15) is 45.2 Å². The first-order valence-corrected chi connectivity index (χ1v) is 8.54. The Balaban J connectivity index is 2.43. The molecule has 0 aliphatic carbocycles. The fourth-order valence-electron chi connectivity index (χ4n) is 2.08. The molecular weight excluding hydrogens is 312 g/mol. The average molecular weight is 341 g/mol. The van der Waals surface area contributed by atoms with Crippen LogP contribution in [0.5, 0.6) is 0 Å². The Morgan fingerprint density at radius 3 is 2.57 bits per heavy atom. The number of carbonyl (C=O) groups is 1. The summed E-state index contributed by atoms with van der Waals surface area (Å²) >= 11 is 6.12. The van der Waals surface area contributed by atoms with E-state index in [1.54, 1.807) is 4.90 Å². The lowest BCUT2D eigenvalue weighted by Crippen LogP contribution is -2.40. The molecule has 1 rings (SSSR count). The lowest BCUT2D eigenvalue weighted by molar-refractivity contribution is 0.0252. The van der Waals surface area contributed by atoms with E-state index >= 15 is 0 Å². The van der Waals surface area contributed by atoms with Gasteiger partial charge in [-0.1, -0.05) is 30.7 Å². The van der Waals surface area contributed by atoms with Gasteiger partial charge in [-0.05, 0) is 51.3 Å². The van der Waals surface area contributed by atoms with E-state index in [0.717, 1.165) is 29.1 Å². The van der Waals surface area contributed by atoms with Gasteiger partial charge in [-0.3, -0.25) is 0 Å². The van der Waals surface area contributed by atoms with Crippen molar-refractivity contribution in [1.29, 1.82) is 0 Å². The maximum absolute atomic E-state index is 12.2. The van der Waals surface area contributed by atoms with Crippen molar-refractivity contribution in [2.75, 3.05) is 19.6 Å². The standard InChI is InChI=1S/C18H29ClN2O2/c1-6-10-21(17(22)23-18(3,4)5)11-9-20-13-15-8-7-14(2)16(19)12-15/h7-8,12,20H,6,9-11,13H2,1-5H3. The summed E-state index contributed by atoms with van der Waals surface area (Å²) in [6, 6.07) is 6.05. The quantitative estimate of drug-likeness (QED) is 0.749. The van der Waals surface area contributed by atoms with Gasteiger partial charge >= 0.3 is 6.09 Å². The van der Waals surface area contributed by atoms with E-state index in [4.69, 9.17) is 16.3 Å². The summed E-state index contributed by atoms with van der Waals surface area (Å²) in [7, 11) is 0. The Kier molecular flexibility index (Phi) is 7.86. The third kappa shape index (κ3) is 7.71. The Bertz CT molecular complexity index is 512. The van der Waals surface area contributed by atoms with Crippen LogP contribution in [0, 0.1) is 6.92 Å². The minimum absolute atomic E-state index is 0.250. The number of hydrogen-bond acceptors (Lipinski definition) is 3. The number of nitrogens with zero attached hydrogens (tertiary/aromatic N) is 1. The summed E-state index contributed by atoms with van der Waals surface area (Å²) in [6.45, 7) is 12.5. The molecule has 0 aromatic heterocycles. The maximum atomic E-state index is 12.2. The summed E-state index contributed by atoms with van der Waals surface area (Å²) in [4.78, 5) is 13.9. The molecule has 4 nitrogen and oxygen atoms in total. The number of nitrogens with one attached hydrogen (secondary N) is 1. The molecule has 0 aliphatic heterocycles. The third-order valence-electron chi connectivity index (χ3n) is 3.27. The second kappa shape index (κ2) is 9.14. The molecule has 0 fully saturated rings. The number of halogens is 1. The fraction of sp³-hybridized carbons (Fsp3) is 0.611. The Morgan fingerprint density at radius 1 is 1.30 bits per heavy atom. The first-order chi connectivity index (χ1) is 10.7. The van der Waals surface area contributed by atoms with E-state index in [2.05, 4.69) is 18.3 Å². The summed E-state index contributed by atoms with van der Waals surface area (Å²) < 4.78 is 5.44. The predicted octanol–water partition coefficient (Wildman–Crippen LogP) is 4.39. The Morgan fingerprint density at radius 2 is 2.00 bits per heavy atom. The highest BCUT2D eigenvalue weighted by atomic mass is 35.5. The highest BCUT2D eigenvalue weighted by Gasteiger charge is 2.21. The van der Waals surface area contributed by atoms with Crippen molar-refractivity contribution in [2.45, 2.75) is 53.2 Å². The van der Waals surface area contributed by atoms with Crippen molar-refractivity contribution in [3.05, 3.63) is 34.3 Å². The lowest BCUT2D eigenvalue weighted by Gasteiger charge is -2.27. The molecule has 1 aromatic rings. The molecule has 0 spiro atoms. The van der Waals surface area contributed by atoms with Crippen LogP contribution in [0.25, 0.3) is 0 Å². The molecule has 0 unspecified atom stereocenters. The summed E-state index contributed by atoms with van der Waals surface area (Å²) in [5.41, 5.74) is 1.75. The SMILES string of the molecule is CCCN(CCNCc1ccc(C)c(Cl)c1)C(=O)OC(C)(C)C. The van der Waals surface area contributed by atoms with E-state index in [9.17, 15) is 4.79 Å². The smallest absolute Gasteiger partial charge is 0.410 e. The molecule has 0 heterocycles. The normalized spacial score (nSPS) is 11.4. The van der Waals surface area contributed by atoms with E-state index in [-0.39, 0.29) is 6.09 Å². The summed E-state index contributed by atoms with van der Waals surface area (Å²) in [6.07, 6.45) is 0.659. The van der Waals surface area contributed by atoms with Gasteiger partial charge in [-0.15, -0.1) is 0 Å². The van der Waals surface area contributed by atoms with Crippen molar-refractivity contribution in [3.8, 4) is 0 Å². The molecular formula is C18H29ClN2O2. The van der Waals surface area contributed by atoms with Gasteiger partial charge in [-0.2, -0.15) is 0 Å². The lowest BCUT2D eigenvalue weighted by atomic mass is 10.1. The monoisotopic (exact) mass is 340 g/mol. The van der Waals surface area contributed by atoms with Crippen molar-refractivity contribution >= 4 is 17.7 Å². The third-order valence-corrected chi connectivity index (χ3v) is 3.68. The van der Waals surface area contributed by atoms with Crippen molar-refractivity contribution in [2.24, 2.45) is 0 Å². The summed E-state index contributed by atoms with van der Waals surface area (Å²) in [5.74, 6) is 0. The van der Waals surface area contributed by atoms with Gasteiger partial charge in [0.15, 0.2) is 0 Å². The maximum Gasteiger partial charge on any atom is 0.410 e. The predicted molar refractivity (Wildman–Crippen MR) is 96.0 cm³/mol. The molecule has 0 saturated heterocycles. The molecule has 1 N–H and O–H groups in total. The number of hydrogen-bond donors (Lipinski definition) is 1. The highest BCUT2D eigenvalue weighted by Crippen LogP contribution is 2.16. The molecule has 1 aromatic carbocycles. The zero-order valence-electron chi connectivity index (χ0n) is 14.9. The molecule has 1 amide bonds. The van der Waals surface area contributed by atoms with Gasteiger partial charge in [0.25, 0.3) is 0 Å². The molecule has 23 heavy (non-hydrogen) atoms. The van der Waals surface area contributed by atoms with Crippen molar-refractivity contribution in [1.82, 2.24) is 10.2 Å². The first kappa shape index (κ1) is 19.8. The molecule has 0 bridgehead atoms. The zero-order valence-corrected chi connectivity index (χ0v) is 15.7. The summed E-state index contributed by atoms with van der Waals surface area (Å²) in [5, 5.41) is 4.13.